The minimum atomic E-state index is -4.32. The number of alkyl halides is 3. The molecule has 2 rings (SSSR count). The van der Waals surface area contributed by atoms with Crippen LogP contribution in [0.1, 0.15) is 56.1 Å². The van der Waals surface area contributed by atoms with Gasteiger partial charge in [-0.15, -0.1) is 0 Å². The molecule has 0 saturated heterocycles. The van der Waals surface area contributed by atoms with E-state index in [0.717, 1.165) is 43.4 Å². The van der Waals surface area contributed by atoms with Crippen molar-refractivity contribution in [2.75, 3.05) is 6.61 Å². The Balaban J connectivity index is 2.14. The molecule has 1 aromatic carbocycles. The predicted molar refractivity (Wildman–Crippen MR) is 77.4 cm³/mol. The van der Waals surface area contributed by atoms with Crippen molar-refractivity contribution in [2.45, 2.75) is 51.1 Å². The van der Waals surface area contributed by atoms with E-state index in [1.54, 1.807) is 6.92 Å². The number of benzene rings is 1. The number of hydrogen-bond acceptors (Lipinski definition) is 2. The van der Waals surface area contributed by atoms with Crippen LogP contribution in [-0.2, 0) is 15.7 Å². The van der Waals surface area contributed by atoms with Gasteiger partial charge in [-0.05, 0) is 36.5 Å². The van der Waals surface area contributed by atoms with Crippen LogP contribution >= 0.6 is 0 Å². The zero-order valence-corrected chi connectivity index (χ0v) is 12.7. The summed E-state index contributed by atoms with van der Waals surface area (Å²) < 4.78 is 43.2. The number of carbonyl (C=O) groups is 1. The lowest BCUT2D eigenvalue weighted by Crippen LogP contribution is -2.19. The second kappa shape index (κ2) is 7.16. The average Bonchev–Trinajstić information content (AvgIpc) is 3.01. The second-order valence-corrected chi connectivity index (χ2v) is 5.81. The molecule has 0 aromatic heterocycles. The van der Waals surface area contributed by atoms with Crippen molar-refractivity contribution in [1.29, 1.82) is 0 Å². The minimum absolute atomic E-state index is 0.0136. The maximum Gasteiger partial charge on any atom is 0.416 e. The van der Waals surface area contributed by atoms with Crippen molar-refractivity contribution in [1.82, 2.24) is 0 Å². The quantitative estimate of drug-likeness (QED) is 0.720. The average molecular weight is 314 g/mol. The smallest absolute Gasteiger partial charge is 0.416 e. The van der Waals surface area contributed by atoms with Gasteiger partial charge in [-0.1, -0.05) is 31.9 Å². The van der Waals surface area contributed by atoms with Crippen LogP contribution < -0.4 is 0 Å². The Morgan fingerprint density at radius 1 is 1.23 bits per heavy atom. The highest BCUT2D eigenvalue weighted by molar-refractivity contribution is 5.68. The van der Waals surface area contributed by atoms with Gasteiger partial charge < -0.3 is 4.74 Å². The standard InChI is InChI=1S/C17H21F3O2/c1-2-16(21)22-11-15(12-5-3-4-6-12)13-7-9-14(10-8-13)17(18,19)20/h7-10,12,15H,2-6,11H2,1H3. The molecule has 0 heterocycles. The fraction of sp³-hybridized carbons (Fsp3) is 0.588. The number of ether oxygens (including phenoxy) is 1. The summed E-state index contributed by atoms with van der Waals surface area (Å²) >= 11 is 0. The monoisotopic (exact) mass is 314 g/mol. The first-order chi connectivity index (χ1) is 10.4. The number of rotatable bonds is 5. The molecule has 1 atom stereocenters. The van der Waals surface area contributed by atoms with E-state index in [-0.39, 0.29) is 18.5 Å². The topological polar surface area (TPSA) is 26.3 Å². The Hall–Kier alpha value is -1.52. The summed E-state index contributed by atoms with van der Waals surface area (Å²) in [6, 6.07) is 5.26. The number of esters is 1. The van der Waals surface area contributed by atoms with E-state index in [0.29, 0.717) is 12.3 Å². The van der Waals surface area contributed by atoms with Crippen LogP contribution in [0.5, 0.6) is 0 Å². The van der Waals surface area contributed by atoms with Crippen molar-refractivity contribution in [3.63, 3.8) is 0 Å². The van der Waals surface area contributed by atoms with Crippen LogP contribution in [0.3, 0.4) is 0 Å². The molecule has 0 amide bonds. The molecule has 1 aromatic rings. The van der Waals surface area contributed by atoms with E-state index < -0.39 is 11.7 Å². The fourth-order valence-corrected chi connectivity index (χ4v) is 3.07. The number of halogens is 3. The van der Waals surface area contributed by atoms with Crippen molar-refractivity contribution >= 4 is 5.97 Å². The lowest BCUT2D eigenvalue weighted by molar-refractivity contribution is -0.144. The molecule has 1 aliphatic carbocycles. The maximum atomic E-state index is 12.7. The van der Waals surface area contributed by atoms with E-state index in [1.807, 2.05) is 0 Å². The van der Waals surface area contributed by atoms with Crippen molar-refractivity contribution in [2.24, 2.45) is 5.92 Å². The van der Waals surface area contributed by atoms with E-state index >= 15 is 0 Å². The molecule has 0 radical (unpaired) electrons. The highest BCUT2D eigenvalue weighted by Gasteiger charge is 2.32. The van der Waals surface area contributed by atoms with Gasteiger partial charge in [-0.3, -0.25) is 4.79 Å². The van der Waals surface area contributed by atoms with Crippen molar-refractivity contribution in [3.8, 4) is 0 Å². The summed E-state index contributed by atoms with van der Waals surface area (Å²) in [6.45, 7) is 1.98. The first-order valence-corrected chi connectivity index (χ1v) is 7.74. The predicted octanol–water partition coefficient (Wildman–Crippen LogP) is 4.93. The van der Waals surface area contributed by atoms with E-state index in [1.165, 1.54) is 12.1 Å². The lowest BCUT2D eigenvalue weighted by atomic mass is 9.85. The Kier molecular flexibility index (Phi) is 5.48. The van der Waals surface area contributed by atoms with Crippen molar-refractivity contribution in [3.05, 3.63) is 35.4 Å². The highest BCUT2D eigenvalue weighted by Crippen LogP contribution is 2.38. The summed E-state index contributed by atoms with van der Waals surface area (Å²) in [7, 11) is 0. The van der Waals surface area contributed by atoms with Crippen molar-refractivity contribution < 1.29 is 22.7 Å². The van der Waals surface area contributed by atoms with Crippen LogP contribution in [0.25, 0.3) is 0 Å². The Labute approximate surface area is 128 Å². The Morgan fingerprint density at radius 2 is 1.82 bits per heavy atom. The summed E-state index contributed by atoms with van der Waals surface area (Å²) in [5.41, 5.74) is 0.177. The largest absolute Gasteiger partial charge is 0.465 e. The van der Waals surface area contributed by atoms with Crippen LogP contribution in [0.4, 0.5) is 13.2 Å². The van der Waals surface area contributed by atoms with E-state index in [9.17, 15) is 18.0 Å². The first-order valence-electron chi connectivity index (χ1n) is 7.74. The van der Waals surface area contributed by atoms with Gasteiger partial charge in [0, 0.05) is 12.3 Å². The molecule has 0 bridgehead atoms. The fourth-order valence-electron chi connectivity index (χ4n) is 3.07. The third-order valence-corrected chi connectivity index (χ3v) is 4.35. The molecular formula is C17H21F3O2. The van der Waals surface area contributed by atoms with Gasteiger partial charge in [0.05, 0.1) is 12.2 Å². The third-order valence-electron chi connectivity index (χ3n) is 4.35. The summed E-state index contributed by atoms with van der Waals surface area (Å²) in [5.74, 6) is 0.0941. The first kappa shape index (κ1) is 16.8. The van der Waals surface area contributed by atoms with Gasteiger partial charge >= 0.3 is 12.1 Å². The number of hydrogen-bond donors (Lipinski definition) is 0. The third kappa shape index (κ3) is 4.24. The molecule has 1 aliphatic rings. The Morgan fingerprint density at radius 3 is 2.32 bits per heavy atom. The van der Waals surface area contributed by atoms with Gasteiger partial charge in [-0.2, -0.15) is 13.2 Å². The zero-order chi connectivity index (χ0) is 16.2. The molecule has 0 aliphatic heterocycles. The molecule has 1 unspecified atom stereocenters. The molecule has 1 saturated carbocycles. The van der Waals surface area contributed by atoms with Gasteiger partial charge in [0.25, 0.3) is 0 Å². The molecule has 22 heavy (non-hydrogen) atoms. The van der Waals surface area contributed by atoms with Crippen LogP contribution in [0.15, 0.2) is 24.3 Å². The minimum Gasteiger partial charge on any atom is -0.465 e. The zero-order valence-electron chi connectivity index (χ0n) is 12.7. The van der Waals surface area contributed by atoms with Gasteiger partial charge in [0.2, 0.25) is 0 Å². The van der Waals surface area contributed by atoms with E-state index in [4.69, 9.17) is 4.74 Å². The van der Waals surface area contributed by atoms with Crippen LogP contribution in [0.2, 0.25) is 0 Å². The Bertz CT molecular complexity index is 488. The molecule has 2 nitrogen and oxygen atoms in total. The van der Waals surface area contributed by atoms with Gasteiger partial charge in [0.15, 0.2) is 0 Å². The summed E-state index contributed by atoms with van der Waals surface area (Å²) in [6.07, 6.45) is 0.318. The molecular weight excluding hydrogens is 293 g/mol. The highest BCUT2D eigenvalue weighted by atomic mass is 19.4. The van der Waals surface area contributed by atoms with Crippen LogP contribution in [0, 0.1) is 5.92 Å². The molecule has 122 valence electrons. The summed E-state index contributed by atoms with van der Waals surface area (Å²) in [5, 5.41) is 0. The SMILES string of the molecule is CCC(=O)OCC(c1ccc(C(F)(F)F)cc1)C1CCCC1. The van der Waals surface area contributed by atoms with Gasteiger partial charge in [-0.25, -0.2) is 0 Å². The molecule has 5 heteroatoms. The number of carbonyl (C=O) groups excluding carboxylic acids is 1. The van der Waals surface area contributed by atoms with Gasteiger partial charge in [0.1, 0.15) is 0 Å². The normalized spacial score (nSPS) is 17.5. The second-order valence-electron chi connectivity index (χ2n) is 5.81. The molecule has 0 spiro atoms. The van der Waals surface area contributed by atoms with Crippen LogP contribution in [-0.4, -0.2) is 12.6 Å². The maximum absolute atomic E-state index is 12.7. The summed E-state index contributed by atoms with van der Waals surface area (Å²) in [4.78, 5) is 11.4. The van der Waals surface area contributed by atoms with E-state index in [2.05, 4.69) is 0 Å². The molecule has 1 fully saturated rings. The lowest BCUT2D eigenvalue weighted by Gasteiger charge is -2.24. The molecule has 0 N–H and O–H groups in total.